The smallest absolute Gasteiger partial charge is 0.224 e. The van der Waals surface area contributed by atoms with Gasteiger partial charge >= 0.3 is 0 Å². The van der Waals surface area contributed by atoms with Crippen LogP contribution in [0.4, 0.5) is 5.69 Å². The summed E-state index contributed by atoms with van der Waals surface area (Å²) in [5, 5.41) is 2.94. The van der Waals surface area contributed by atoms with Gasteiger partial charge in [-0.3, -0.25) is 4.79 Å². The number of nitrogens with one attached hydrogen (secondary N) is 1. The number of nitrogens with two attached hydrogens (primary N) is 1. The summed E-state index contributed by atoms with van der Waals surface area (Å²) >= 11 is 0. The number of para-hydroxylation sites is 1. The highest BCUT2D eigenvalue weighted by Crippen LogP contribution is 2.21. The van der Waals surface area contributed by atoms with Crippen molar-refractivity contribution >= 4 is 11.6 Å². The first-order valence-electron chi connectivity index (χ1n) is 6.19. The second-order valence-electron chi connectivity index (χ2n) is 4.64. The Bertz CT molecular complexity index is 374. The fourth-order valence-corrected chi connectivity index (χ4v) is 1.67. The van der Waals surface area contributed by atoms with Crippen molar-refractivity contribution in [3.8, 4) is 0 Å². The van der Waals surface area contributed by atoms with E-state index in [4.69, 9.17) is 5.73 Å². The molecular formula is C14H22N2O. The van der Waals surface area contributed by atoms with Crippen LogP contribution in [0, 0.1) is 5.92 Å². The van der Waals surface area contributed by atoms with E-state index < -0.39 is 0 Å². The summed E-state index contributed by atoms with van der Waals surface area (Å²) in [6.45, 7) is 6.09. The molecule has 1 aromatic carbocycles. The molecule has 1 amide bonds. The monoisotopic (exact) mass is 234 g/mol. The number of carbonyl (C=O) groups is 1. The first-order valence-corrected chi connectivity index (χ1v) is 6.19. The Hall–Kier alpha value is -1.35. The van der Waals surface area contributed by atoms with Crippen LogP contribution in [0.5, 0.6) is 0 Å². The predicted octanol–water partition coefficient (Wildman–Crippen LogP) is 3.08. The van der Waals surface area contributed by atoms with Gasteiger partial charge in [-0.2, -0.15) is 0 Å². The Labute approximate surface area is 103 Å². The maximum absolute atomic E-state index is 11.8. The minimum atomic E-state index is -0.0740. The van der Waals surface area contributed by atoms with Gasteiger partial charge in [0.1, 0.15) is 0 Å². The van der Waals surface area contributed by atoms with E-state index >= 15 is 0 Å². The average Bonchev–Trinajstić information content (AvgIpc) is 2.29. The molecule has 3 nitrogen and oxygen atoms in total. The lowest BCUT2D eigenvalue weighted by Gasteiger charge is -2.14. The first-order chi connectivity index (χ1) is 8.04. The second kappa shape index (κ2) is 6.40. The minimum Gasteiger partial charge on any atom is -0.326 e. The average molecular weight is 234 g/mol. The number of rotatable bonds is 5. The zero-order valence-corrected chi connectivity index (χ0v) is 10.9. The predicted molar refractivity (Wildman–Crippen MR) is 71.7 cm³/mol. The molecule has 17 heavy (non-hydrogen) atoms. The highest BCUT2D eigenvalue weighted by molar-refractivity contribution is 5.91. The molecule has 0 saturated heterocycles. The molecule has 2 atom stereocenters. The molecule has 0 aromatic heterocycles. The fraction of sp³-hybridized carbons (Fsp3) is 0.500. The van der Waals surface area contributed by atoms with Gasteiger partial charge in [-0.25, -0.2) is 0 Å². The van der Waals surface area contributed by atoms with Crippen LogP contribution in [-0.4, -0.2) is 5.91 Å². The Kier molecular flexibility index (Phi) is 5.16. The number of carbonyl (C=O) groups excluding carboxylic acids is 1. The highest BCUT2D eigenvalue weighted by Gasteiger charge is 2.11. The summed E-state index contributed by atoms with van der Waals surface area (Å²) in [6.07, 6.45) is 1.58. The highest BCUT2D eigenvalue weighted by atomic mass is 16.1. The molecule has 0 aliphatic rings. The van der Waals surface area contributed by atoms with E-state index in [0.29, 0.717) is 12.3 Å². The summed E-state index contributed by atoms with van der Waals surface area (Å²) in [5.41, 5.74) is 7.67. The molecule has 0 fully saturated rings. The van der Waals surface area contributed by atoms with Crippen molar-refractivity contribution in [1.29, 1.82) is 0 Å². The van der Waals surface area contributed by atoms with Gasteiger partial charge in [0.25, 0.3) is 0 Å². The number of anilines is 1. The molecular weight excluding hydrogens is 212 g/mol. The van der Waals surface area contributed by atoms with E-state index in [-0.39, 0.29) is 11.9 Å². The van der Waals surface area contributed by atoms with Crippen molar-refractivity contribution in [2.75, 3.05) is 5.32 Å². The molecule has 0 bridgehead atoms. The van der Waals surface area contributed by atoms with E-state index in [1.54, 1.807) is 0 Å². The molecule has 0 spiro atoms. The van der Waals surface area contributed by atoms with Gasteiger partial charge in [-0.15, -0.1) is 0 Å². The van der Waals surface area contributed by atoms with Gasteiger partial charge in [0.2, 0.25) is 5.91 Å². The SMILES string of the molecule is CC[C@H](C)CC(=O)Nc1ccccc1C(C)N. The molecule has 3 N–H and O–H groups in total. The molecule has 1 unspecified atom stereocenters. The maximum atomic E-state index is 11.8. The van der Waals surface area contributed by atoms with Crippen molar-refractivity contribution in [1.82, 2.24) is 0 Å². The molecule has 0 heterocycles. The topological polar surface area (TPSA) is 55.1 Å². The number of amides is 1. The van der Waals surface area contributed by atoms with Crippen LogP contribution in [-0.2, 0) is 4.79 Å². The lowest BCUT2D eigenvalue weighted by atomic mass is 10.0. The molecule has 1 rings (SSSR count). The van der Waals surface area contributed by atoms with Crippen LogP contribution in [0.3, 0.4) is 0 Å². The number of hydrogen-bond donors (Lipinski definition) is 2. The Morgan fingerprint density at radius 2 is 2.00 bits per heavy atom. The van der Waals surface area contributed by atoms with Crippen LogP contribution in [0.2, 0.25) is 0 Å². The van der Waals surface area contributed by atoms with Gasteiger partial charge in [0.15, 0.2) is 0 Å². The van der Waals surface area contributed by atoms with Crippen molar-refractivity contribution in [3.05, 3.63) is 29.8 Å². The third-order valence-electron chi connectivity index (χ3n) is 2.96. The number of benzene rings is 1. The van der Waals surface area contributed by atoms with Crippen molar-refractivity contribution in [2.24, 2.45) is 11.7 Å². The van der Waals surface area contributed by atoms with Gasteiger partial charge in [-0.05, 0) is 24.5 Å². The van der Waals surface area contributed by atoms with Crippen molar-refractivity contribution in [2.45, 2.75) is 39.7 Å². The zero-order valence-electron chi connectivity index (χ0n) is 10.9. The molecule has 94 valence electrons. The summed E-state index contributed by atoms with van der Waals surface area (Å²) < 4.78 is 0. The molecule has 3 heteroatoms. The Morgan fingerprint density at radius 1 is 1.35 bits per heavy atom. The van der Waals surface area contributed by atoms with Crippen LogP contribution < -0.4 is 11.1 Å². The van der Waals surface area contributed by atoms with E-state index in [1.165, 1.54) is 0 Å². The van der Waals surface area contributed by atoms with E-state index in [0.717, 1.165) is 17.7 Å². The molecule has 0 aliphatic heterocycles. The van der Waals surface area contributed by atoms with Crippen molar-refractivity contribution < 1.29 is 4.79 Å². The summed E-state index contributed by atoms with van der Waals surface area (Å²) in [7, 11) is 0. The van der Waals surface area contributed by atoms with Gasteiger partial charge in [-0.1, -0.05) is 38.5 Å². The number of hydrogen-bond acceptors (Lipinski definition) is 2. The third-order valence-corrected chi connectivity index (χ3v) is 2.96. The molecule has 0 radical (unpaired) electrons. The van der Waals surface area contributed by atoms with Crippen LogP contribution in [0.1, 0.15) is 45.2 Å². The van der Waals surface area contributed by atoms with Crippen molar-refractivity contribution in [3.63, 3.8) is 0 Å². The summed E-state index contributed by atoms with van der Waals surface area (Å²) in [4.78, 5) is 11.8. The van der Waals surface area contributed by atoms with Gasteiger partial charge in [0.05, 0.1) is 0 Å². The summed E-state index contributed by atoms with van der Waals surface area (Å²) in [5.74, 6) is 0.477. The second-order valence-corrected chi connectivity index (χ2v) is 4.64. The van der Waals surface area contributed by atoms with Gasteiger partial charge < -0.3 is 11.1 Å². The van der Waals surface area contributed by atoms with Crippen LogP contribution in [0.25, 0.3) is 0 Å². The normalized spacial score (nSPS) is 14.1. The third kappa shape index (κ3) is 4.19. The standard InChI is InChI=1S/C14H22N2O/c1-4-10(2)9-14(17)16-13-8-6-5-7-12(13)11(3)15/h5-8,10-11H,4,9,15H2,1-3H3,(H,16,17)/t10-,11?/m0/s1. The zero-order chi connectivity index (χ0) is 12.8. The fourth-order valence-electron chi connectivity index (χ4n) is 1.67. The largest absolute Gasteiger partial charge is 0.326 e. The molecule has 1 aromatic rings. The van der Waals surface area contributed by atoms with Crippen LogP contribution >= 0.6 is 0 Å². The van der Waals surface area contributed by atoms with E-state index in [2.05, 4.69) is 19.2 Å². The molecule has 0 aliphatic carbocycles. The lowest BCUT2D eigenvalue weighted by Crippen LogP contribution is -2.17. The van der Waals surface area contributed by atoms with E-state index in [9.17, 15) is 4.79 Å². The summed E-state index contributed by atoms with van der Waals surface area (Å²) in [6, 6.07) is 7.61. The lowest BCUT2D eigenvalue weighted by molar-refractivity contribution is -0.117. The van der Waals surface area contributed by atoms with Gasteiger partial charge in [0, 0.05) is 18.2 Å². The van der Waals surface area contributed by atoms with E-state index in [1.807, 2.05) is 31.2 Å². The van der Waals surface area contributed by atoms with Crippen LogP contribution in [0.15, 0.2) is 24.3 Å². The first kappa shape index (κ1) is 13.7. The molecule has 0 saturated carbocycles. The minimum absolute atomic E-state index is 0.0625. The Balaban J connectivity index is 2.71. The Morgan fingerprint density at radius 3 is 2.59 bits per heavy atom. The maximum Gasteiger partial charge on any atom is 0.224 e. The quantitative estimate of drug-likeness (QED) is 0.822.